The van der Waals surface area contributed by atoms with Gasteiger partial charge in [0, 0.05) is 17.8 Å². The van der Waals surface area contributed by atoms with Crippen molar-refractivity contribution in [2.45, 2.75) is 116 Å². The van der Waals surface area contributed by atoms with E-state index in [1.54, 1.807) is 60.7 Å². The lowest BCUT2D eigenvalue weighted by atomic mass is 10.0. The van der Waals surface area contributed by atoms with Crippen LogP contribution >= 0.6 is 11.6 Å². The van der Waals surface area contributed by atoms with Crippen LogP contribution in [0.1, 0.15) is 120 Å². The van der Waals surface area contributed by atoms with Gasteiger partial charge in [0.15, 0.2) is 0 Å². The lowest BCUT2D eigenvalue weighted by Gasteiger charge is -2.18. The molecule has 0 radical (unpaired) electrons. The first-order valence-electron chi connectivity index (χ1n) is 17.2. The highest BCUT2D eigenvalue weighted by Gasteiger charge is 2.30. The van der Waals surface area contributed by atoms with Crippen LogP contribution in [0.15, 0.2) is 78.9 Å². The predicted octanol–water partition coefficient (Wildman–Crippen LogP) is 11.3. The molecule has 1 amide bonds. The number of hydrogen-bond donors (Lipinski definition) is 2. The number of ketones is 1. The number of anilines is 2. The maximum atomic E-state index is 13.5. The molecule has 5 nitrogen and oxygen atoms in total. The number of unbranched alkanes of at least 4 members (excludes halogenated alkanes) is 15. The molecular weight excluding hydrogens is 580 g/mol. The van der Waals surface area contributed by atoms with Crippen molar-refractivity contribution in [3.8, 4) is 5.75 Å². The Morgan fingerprint density at radius 1 is 0.644 bits per heavy atom. The molecule has 0 aromatic heterocycles. The van der Waals surface area contributed by atoms with Crippen molar-refractivity contribution in [1.29, 1.82) is 0 Å². The second kappa shape index (κ2) is 22.2. The first-order chi connectivity index (χ1) is 22.1. The van der Waals surface area contributed by atoms with E-state index >= 15 is 0 Å². The van der Waals surface area contributed by atoms with Crippen LogP contribution in [0.3, 0.4) is 0 Å². The Balaban J connectivity index is 1.33. The fourth-order valence-electron chi connectivity index (χ4n) is 5.43. The maximum absolute atomic E-state index is 13.5. The van der Waals surface area contributed by atoms with Gasteiger partial charge >= 0.3 is 0 Å². The van der Waals surface area contributed by atoms with Crippen LogP contribution in [0.25, 0.3) is 0 Å². The predicted molar refractivity (Wildman–Crippen MR) is 190 cm³/mol. The van der Waals surface area contributed by atoms with E-state index in [0.29, 0.717) is 22.0 Å². The molecule has 0 heterocycles. The number of para-hydroxylation sites is 2. The number of rotatable bonds is 24. The van der Waals surface area contributed by atoms with Gasteiger partial charge in [-0.05, 0) is 55.0 Å². The number of carbonyl (C=O) groups is 2. The van der Waals surface area contributed by atoms with Crippen LogP contribution in [0.5, 0.6) is 5.75 Å². The molecule has 3 rings (SSSR count). The zero-order valence-corrected chi connectivity index (χ0v) is 28.0. The van der Waals surface area contributed by atoms with Crippen molar-refractivity contribution in [1.82, 2.24) is 0 Å². The van der Waals surface area contributed by atoms with Crippen molar-refractivity contribution >= 4 is 34.7 Å². The minimum Gasteiger partial charge on any atom is -0.472 e. The van der Waals surface area contributed by atoms with E-state index in [0.717, 1.165) is 18.7 Å². The van der Waals surface area contributed by atoms with E-state index in [2.05, 4.69) is 17.6 Å². The normalized spacial score (nSPS) is 11.6. The molecule has 0 aliphatic heterocycles. The monoisotopic (exact) mass is 632 g/mol. The molecule has 0 saturated heterocycles. The molecule has 1 unspecified atom stereocenters. The van der Waals surface area contributed by atoms with E-state index < -0.39 is 17.8 Å². The van der Waals surface area contributed by atoms with Crippen molar-refractivity contribution in [3.05, 3.63) is 89.4 Å². The minimum absolute atomic E-state index is 0.386. The maximum Gasteiger partial charge on any atom is 0.273 e. The van der Waals surface area contributed by atoms with Gasteiger partial charge in [-0.1, -0.05) is 145 Å². The summed E-state index contributed by atoms with van der Waals surface area (Å²) in [6, 6.07) is 23.0. The highest BCUT2D eigenvalue weighted by molar-refractivity contribution is 6.34. The number of Topliss-reactive ketones (excluding diaryl/α,β-unsaturated/α-hetero) is 1. The molecule has 45 heavy (non-hydrogen) atoms. The van der Waals surface area contributed by atoms with Crippen LogP contribution in [-0.4, -0.2) is 24.3 Å². The third kappa shape index (κ3) is 14.6. The Hall–Kier alpha value is -3.31. The quantitative estimate of drug-likeness (QED) is 0.0585. The van der Waals surface area contributed by atoms with Crippen LogP contribution in [0.2, 0.25) is 5.02 Å². The first-order valence-corrected chi connectivity index (χ1v) is 17.6. The van der Waals surface area contributed by atoms with Gasteiger partial charge < -0.3 is 15.4 Å². The van der Waals surface area contributed by atoms with Crippen molar-refractivity contribution in [3.63, 3.8) is 0 Å². The molecule has 3 aromatic rings. The summed E-state index contributed by atoms with van der Waals surface area (Å²) in [7, 11) is 0. The minimum atomic E-state index is -1.37. The highest BCUT2D eigenvalue weighted by atomic mass is 35.5. The molecule has 0 bridgehead atoms. The SMILES string of the molecule is CCCCCCCCCCCCCCCCCCNc1ccc(C(=O)C(Oc2ccccc2)C(=O)Nc2ccccc2Cl)cc1. The molecule has 2 N–H and O–H groups in total. The number of hydrogen-bond acceptors (Lipinski definition) is 4. The molecule has 0 saturated carbocycles. The molecule has 0 aliphatic carbocycles. The Kier molecular flexibility index (Phi) is 17.9. The zero-order chi connectivity index (χ0) is 32.0. The van der Waals surface area contributed by atoms with Gasteiger partial charge in [0.2, 0.25) is 11.9 Å². The summed E-state index contributed by atoms with van der Waals surface area (Å²) >= 11 is 6.23. The van der Waals surface area contributed by atoms with Gasteiger partial charge in [0.1, 0.15) is 5.75 Å². The largest absolute Gasteiger partial charge is 0.472 e. The summed E-state index contributed by atoms with van der Waals surface area (Å²) in [6.07, 6.45) is 20.4. The van der Waals surface area contributed by atoms with Gasteiger partial charge in [0.05, 0.1) is 10.7 Å². The first kappa shape index (κ1) is 36.2. The fourth-order valence-corrected chi connectivity index (χ4v) is 5.61. The number of nitrogens with one attached hydrogen (secondary N) is 2. The molecule has 0 fully saturated rings. The third-order valence-electron chi connectivity index (χ3n) is 8.13. The molecule has 3 aromatic carbocycles. The summed E-state index contributed by atoms with van der Waals surface area (Å²) in [6.45, 7) is 3.17. The Morgan fingerprint density at radius 2 is 1.16 bits per heavy atom. The van der Waals surface area contributed by atoms with Crippen molar-refractivity contribution in [2.24, 2.45) is 0 Å². The Morgan fingerprint density at radius 3 is 1.71 bits per heavy atom. The van der Waals surface area contributed by atoms with Gasteiger partial charge in [-0.15, -0.1) is 0 Å². The van der Waals surface area contributed by atoms with E-state index in [1.807, 2.05) is 18.2 Å². The van der Waals surface area contributed by atoms with Crippen LogP contribution in [-0.2, 0) is 4.79 Å². The lowest BCUT2D eigenvalue weighted by Crippen LogP contribution is -2.40. The van der Waals surface area contributed by atoms with E-state index in [-0.39, 0.29) is 0 Å². The zero-order valence-electron chi connectivity index (χ0n) is 27.2. The lowest BCUT2D eigenvalue weighted by molar-refractivity contribution is -0.120. The van der Waals surface area contributed by atoms with Crippen LogP contribution in [0, 0.1) is 0 Å². The second-order valence-electron chi connectivity index (χ2n) is 12.0. The number of halogens is 1. The molecule has 0 spiro atoms. The number of carbonyl (C=O) groups excluding carboxylic acids is 2. The van der Waals surface area contributed by atoms with E-state index in [9.17, 15) is 9.59 Å². The average molecular weight is 633 g/mol. The summed E-state index contributed by atoms with van der Waals surface area (Å²) in [4.78, 5) is 26.7. The number of amides is 1. The van der Waals surface area contributed by atoms with Gasteiger partial charge in [0.25, 0.3) is 5.91 Å². The smallest absolute Gasteiger partial charge is 0.273 e. The number of ether oxygens (including phenoxy) is 1. The van der Waals surface area contributed by atoms with Crippen molar-refractivity contribution < 1.29 is 14.3 Å². The second-order valence-corrected chi connectivity index (χ2v) is 12.4. The summed E-state index contributed by atoms with van der Waals surface area (Å²) in [5, 5.41) is 6.58. The fraction of sp³-hybridized carbons (Fsp3) is 0.487. The highest BCUT2D eigenvalue weighted by Crippen LogP contribution is 2.23. The summed E-state index contributed by atoms with van der Waals surface area (Å²) in [5.74, 6) is -0.572. The molecule has 0 aliphatic rings. The van der Waals surface area contributed by atoms with E-state index in [1.165, 1.54) is 96.3 Å². The number of benzene rings is 3. The third-order valence-corrected chi connectivity index (χ3v) is 8.46. The molecule has 6 heteroatoms. The molecule has 244 valence electrons. The summed E-state index contributed by atoms with van der Waals surface area (Å²) in [5.41, 5.74) is 1.78. The van der Waals surface area contributed by atoms with Gasteiger partial charge in [-0.3, -0.25) is 9.59 Å². The van der Waals surface area contributed by atoms with Crippen LogP contribution in [0.4, 0.5) is 11.4 Å². The Labute approximate surface area is 276 Å². The van der Waals surface area contributed by atoms with Gasteiger partial charge in [-0.25, -0.2) is 0 Å². The topological polar surface area (TPSA) is 67.4 Å². The molecular formula is C39H53ClN2O3. The average Bonchev–Trinajstić information content (AvgIpc) is 3.06. The standard InChI is InChI=1S/C39H53ClN2O3/c1-2-3-4-5-6-7-8-9-10-11-12-13-14-15-16-22-31-41-33-29-27-32(28-30-33)37(43)38(45-34-23-18-17-19-24-34)39(44)42-36-26-21-20-25-35(36)40/h17-21,23-30,38,41H,2-16,22,31H2,1H3,(H,42,44). The van der Waals surface area contributed by atoms with Gasteiger partial charge in [-0.2, -0.15) is 0 Å². The molecule has 1 atom stereocenters. The van der Waals surface area contributed by atoms with Crippen molar-refractivity contribution in [2.75, 3.05) is 17.2 Å². The van der Waals surface area contributed by atoms with E-state index in [4.69, 9.17) is 16.3 Å². The van der Waals surface area contributed by atoms with Crippen LogP contribution < -0.4 is 15.4 Å². The summed E-state index contributed by atoms with van der Waals surface area (Å²) < 4.78 is 5.88. The Bertz CT molecular complexity index is 1230.